The molecule has 156 valence electrons. The number of carbonyl (C=O) groups excluding carboxylic acids is 1. The first kappa shape index (κ1) is 21.4. The van der Waals surface area contributed by atoms with Gasteiger partial charge in [0.05, 0.1) is 6.54 Å². The molecule has 4 heteroatoms. The monoisotopic (exact) mass is 394 g/mol. The van der Waals surface area contributed by atoms with E-state index < -0.39 is 0 Å². The summed E-state index contributed by atoms with van der Waals surface area (Å²) < 4.78 is 5.74. The van der Waals surface area contributed by atoms with Crippen LogP contribution in [-0.2, 0) is 12.0 Å². The minimum Gasteiger partial charge on any atom is -0.492 e. The molecule has 0 spiro atoms. The Balaban J connectivity index is 1.40. The van der Waals surface area contributed by atoms with Crippen molar-refractivity contribution in [1.82, 2.24) is 10.2 Å². The van der Waals surface area contributed by atoms with E-state index in [1.54, 1.807) is 0 Å². The predicted molar refractivity (Wildman–Crippen MR) is 119 cm³/mol. The summed E-state index contributed by atoms with van der Waals surface area (Å²) in [6.07, 6.45) is 3.94. The SMILES string of the molecule is CC(C)(C)c1ccc(OCCNC(=O)c2ccc(CN3CCCCC3)cc2)cc1. The smallest absolute Gasteiger partial charge is 0.251 e. The molecule has 1 fully saturated rings. The van der Waals surface area contributed by atoms with Gasteiger partial charge < -0.3 is 10.1 Å². The highest BCUT2D eigenvalue weighted by Crippen LogP contribution is 2.24. The molecule has 1 heterocycles. The van der Waals surface area contributed by atoms with E-state index in [-0.39, 0.29) is 11.3 Å². The standard InChI is InChI=1S/C25H34N2O2/c1-25(2,3)22-11-13-23(14-12-22)29-18-15-26-24(28)21-9-7-20(8-10-21)19-27-16-5-4-6-17-27/h7-14H,4-6,15-19H2,1-3H3,(H,26,28). The number of amides is 1. The summed E-state index contributed by atoms with van der Waals surface area (Å²) in [5, 5.41) is 2.93. The lowest BCUT2D eigenvalue weighted by molar-refractivity contribution is 0.0947. The van der Waals surface area contributed by atoms with Gasteiger partial charge in [-0.05, 0) is 66.7 Å². The molecule has 1 saturated heterocycles. The highest BCUT2D eigenvalue weighted by Gasteiger charge is 2.13. The molecule has 0 unspecified atom stereocenters. The molecule has 0 radical (unpaired) electrons. The number of likely N-dealkylation sites (tertiary alicyclic amines) is 1. The molecule has 0 bridgehead atoms. The molecule has 1 amide bonds. The van der Waals surface area contributed by atoms with Gasteiger partial charge in [0.1, 0.15) is 12.4 Å². The largest absolute Gasteiger partial charge is 0.492 e. The summed E-state index contributed by atoms with van der Waals surface area (Å²) in [5.41, 5.74) is 3.38. The molecule has 0 aliphatic carbocycles. The van der Waals surface area contributed by atoms with Crippen molar-refractivity contribution in [3.05, 3.63) is 65.2 Å². The van der Waals surface area contributed by atoms with Gasteiger partial charge in [0, 0.05) is 12.1 Å². The molecule has 0 atom stereocenters. The maximum atomic E-state index is 12.3. The normalized spacial score (nSPS) is 15.1. The topological polar surface area (TPSA) is 41.6 Å². The van der Waals surface area contributed by atoms with Crippen LogP contribution in [0.2, 0.25) is 0 Å². The van der Waals surface area contributed by atoms with E-state index in [1.165, 1.54) is 43.5 Å². The van der Waals surface area contributed by atoms with E-state index in [2.05, 4.69) is 55.3 Å². The van der Waals surface area contributed by atoms with E-state index in [0.29, 0.717) is 18.7 Å². The van der Waals surface area contributed by atoms with Crippen LogP contribution in [0.3, 0.4) is 0 Å². The fraction of sp³-hybridized carbons (Fsp3) is 0.480. The van der Waals surface area contributed by atoms with Gasteiger partial charge in [-0.2, -0.15) is 0 Å². The summed E-state index contributed by atoms with van der Waals surface area (Å²) in [6, 6.07) is 16.1. The van der Waals surface area contributed by atoms with E-state index in [0.717, 1.165) is 12.3 Å². The van der Waals surface area contributed by atoms with Crippen LogP contribution in [0.25, 0.3) is 0 Å². The second-order valence-electron chi connectivity index (χ2n) is 8.91. The van der Waals surface area contributed by atoms with Gasteiger partial charge in [0.2, 0.25) is 0 Å². The fourth-order valence-electron chi connectivity index (χ4n) is 3.62. The average molecular weight is 395 g/mol. The maximum Gasteiger partial charge on any atom is 0.251 e. The van der Waals surface area contributed by atoms with Crippen LogP contribution in [-0.4, -0.2) is 37.0 Å². The van der Waals surface area contributed by atoms with Crippen LogP contribution in [0.15, 0.2) is 48.5 Å². The number of ether oxygens (including phenoxy) is 1. The number of hydrogen-bond donors (Lipinski definition) is 1. The van der Waals surface area contributed by atoms with Crippen LogP contribution >= 0.6 is 0 Å². The molecule has 1 N–H and O–H groups in total. The number of nitrogens with one attached hydrogen (secondary N) is 1. The summed E-state index contributed by atoms with van der Waals surface area (Å²) in [6.45, 7) is 10.9. The van der Waals surface area contributed by atoms with E-state index in [9.17, 15) is 4.79 Å². The minimum atomic E-state index is -0.0544. The van der Waals surface area contributed by atoms with Crippen LogP contribution in [0.4, 0.5) is 0 Å². The summed E-state index contributed by atoms with van der Waals surface area (Å²) >= 11 is 0. The van der Waals surface area contributed by atoms with Crippen molar-refractivity contribution >= 4 is 5.91 Å². The van der Waals surface area contributed by atoms with Crippen LogP contribution < -0.4 is 10.1 Å². The molecule has 3 rings (SSSR count). The van der Waals surface area contributed by atoms with Crippen molar-refractivity contribution in [2.24, 2.45) is 0 Å². The van der Waals surface area contributed by atoms with Gasteiger partial charge in [-0.25, -0.2) is 0 Å². The Morgan fingerprint density at radius 3 is 2.24 bits per heavy atom. The molecule has 0 saturated carbocycles. The molecular formula is C25H34N2O2. The Morgan fingerprint density at radius 2 is 1.62 bits per heavy atom. The lowest BCUT2D eigenvalue weighted by Crippen LogP contribution is -2.29. The fourth-order valence-corrected chi connectivity index (χ4v) is 3.62. The highest BCUT2D eigenvalue weighted by atomic mass is 16.5. The molecule has 1 aliphatic heterocycles. The lowest BCUT2D eigenvalue weighted by atomic mass is 9.87. The van der Waals surface area contributed by atoms with Crippen molar-refractivity contribution in [3.8, 4) is 5.75 Å². The number of hydrogen-bond acceptors (Lipinski definition) is 3. The summed E-state index contributed by atoms with van der Waals surface area (Å²) in [4.78, 5) is 14.8. The van der Waals surface area contributed by atoms with Gasteiger partial charge in [-0.15, -0.1) is 0 Å². The first-order chi connectivity index (χ1) is 13.9. The second-order valence-corrected chi connectivity index (χ2v) is 8.91. The number of piperidine rings is 1. The molecule has 1 aliphatic rings. The van der Waals surface area contributed by atoms with E-state index >= 15 is 0 Å². The van der Waals surface area contributed by atoms with Crippen molar-refractivity contribution in [1.29, 1.82) is 0 Å². The van der Waals surface area contributed by atoms with Gasteiger partial charge in [0.15, 0.2) is 0 Å². The molecule has 4 nitrogen and oxygen atoms in total. The number of nitrogens with zero attached hydrogens (tertiary/aromatic N) is 1. The van der Waals surface area contributed by atoms with E-state index in [4.69, 9.17) is 4.74 Å². The molecule has 2 aromatic rings. The zero-order chi connectivity index (χ0) is 20.7. The Hall–Kier alpha value is -2.33. The van der Waals surface area contributed by atoms with Gasteiger partial charge >= 0.3 is 0 Å². The third kappa shape index (κ3) is 6.60. The highest BCUT2D eigenvalue weighted by molar-refractivity contribution is 5.94. The van der Waals surface area contributed by atoms with Crippen LogP contribution in [0.5, 0.6) is 5.75 Å². The van der Waals surface area contributed by atoms with Crippen molar-refractivity contribution < 1.29 is 9.53 Å². The van der Waals surface area contributed by atoms with Gasteiger partial charge in [-0.3, -0.25) is 9.69 Å². The minimum absolute atomic E-state index is 0.0544. The summed E-state index contributed by atoms with van der Waals surface area (Å²) in [5.74, 6) is 0.774. The lowest BCUT2D eigenvalue weighted by Gasteiger charge is -2.26. The third-order valence-corrected chi connectivity index (χ3v) is 5.45. The number of benzene rings is 2. The molecule has 2 aromatic carbocycles. The Bertz CT molecular complexity index is 770. The third-order valence-electron chi connectivity index (χ3n) is 5.45. The van der Waals surface area contributed by atoms with Crippen LogP contribution in [0.1, 0.15) is 61.5 Å². The van der Waals surface area contributed by atoms with Crippen molar-refractivity contribution in [2.75, 3.05) is 26.2 Å². The van der Waals surface area contributed by atoms with Gasteiger partial charge in [-0.1, -0.05) is 51.5 Å². The molecule has 29 heavy (non-hydrogen) atoms. The van der Waals surface area contributed by atoms with Gasteiger partial charge in [0.25, 0.3) is 5.91 Å². The molecule has 0 aromatic heterocycles. The predicted octanol–water partition coefficient (Wildman–Crippen LogP) is 4.78. The van der Waals surface area contributed by atoms with E-state index in [1.807, 2.05) is 24.3 Å². The quantitative estimate of drug-likeness (QED) is 0.687. The average Bonchev–Trinajstić information content (AvgIpc) is 2.72. The van der Waals surface area contributed by atoms with Crippen molar-refractivity contribution in [2.45, 2.75) is 52.0 Å². The zero-order valence-corrected chi connectivity index (χ0v) is 18.0. The number of rotatable bonds is 7. The first-order valence-corrected chi connectivity index (χ1v) is 10.7. The maximum absolute atomic E-state index is 12.3. The zero-order valence-electron chi connectivity index (χ0n) is 18.0. The number of carbonyl (C=O) groups is 1. The van der Waals surface area contributed by atoms with Crippen molar-refractivity contribution in [3.63, 3.8) is 0 Å². The molecular weight excluding hydrogens is 360 g/mol. The van der Waals surface area contributed by atoms with Crippen LogP contribution in [0, 0.1) is 0 Å². The first-order valence-electron chi connectivity index (χ1n) is 10.7. The Labute approximate surface area is 175 Å². The summed E-state index contributed by atoms with van der Waals surface area (Å²) in [7, 11) is 0. The Kier molecular flexibility index (Phi) is 7.32. The Morgan fingerprint density at radius 1 is 0.966 bits per heavy atom. The second kappa shape index (κ2) is 9.93.